The fourth-order valence-corrected chi connectivity index (χ4v) is 1.94. The van der Waals surface area contributed by atoms with Gasteiger partial charge in [-0.1, -0.05) is 26.7 Å². The van der Waals surface area contributed by atoms with Gasteiger partial charge in [0.2, 0.25) is 0 Å². The lowest BCUT2D eigenvalue weighted by atomic mass is 10.0. The Morgan fingerprint density at radius 3 is 2.22 bits per heavy atom. The molecule has 0 heterocycles. The number of nitrogens with zero attached hydrogens (tertiary/aromatic N) is 1. The molecular formula is C12H27N3O2S. The second-order valence-corrected chi connectivity index (χ2v) is 6.72. The quantitative estimate of drug-likeness (QED) is 0.513. The van der Waals surface area contributed by atoms with E-state index in [1.54, 1.807) is 0 Å². The highest BCUT2D eigenvalue weighted by Crippen LogP contribution is 2.06. The van der Waals surface area contributed by atoms with Crippen molar-refractivity contribution < 1.29 is 8.42 Å². The number of sulfone groups is 1. The van der Waals surface area contributed by atoms with Gasteiger partial charge in [-0.15, -0.1) is 0 Å². The molecule has 0 fully saturated rings. The molecule has 0 rings (SSSR count). The van der Waals surface area contributed by atoms with Crippen molar-refractivity contribution in [3.8, 4) is 0 Å². The van der Waals surface area contributed by atoms with Gasteiger partial charge >= 0.3 is 0 Å². The largest absolute Gasteiger partial charge is 0.357 e. The summed E-state index contributed by atoms with van der Waals surface area (Å²) in [7, 11) is -2.92. The van der Waals surface area contributed by atoms with Crippen LogP contribution >= 0.6 is 0 Å². The van der Waals surface area contributed by atoms with E-state index in [4.69, 9.17) is 0 Å². The fourth-order valence-electron chi connectivity index (χ4n) is 1.46. The molecule has 5 nitrogen and oxygen atoms in total. The topological polar surface area (TPSA) is 70.6 Å². The van der Waals surface area contributed by atoms with Crippen LogP contribution < -0.4 is 10.6 Å². The Kier molecular flexibility index (Phi) is 8.79. The van der Waals surface area contributed by atoms with Crippen molar-refractivity contribution in [2.45, 2.75) is 33.6 Å². The molecule has 0 radical (unpaired) electrons. The lowest BCUT2D eigenvalue weighted by Gasteiger charge is -2.13. The number of guanidine groups is 1. The van der Waals surface area contributed by atoms with Gasteiger partial charge in [0.25, 0.3) is 0 Å². The number of hydrogen-bond donors (Lipinski definition) is 2. The maximum absolute atomic E-state index is 11.0. The Morgan fingerprint density at radius 1 is 1.17 bits per heavy atom. The molecule has 18 heavy (non-hydrogen) atoms. The van der Waals surface area contributed by atoms with Crippen LogP contribution in [-0.4, -0.2) is 46.0 Å². The third-order valence-corrected chi connectivity index (χ3v) is 3.72. The Balaban J connectivity index is 4.24. The summed E-state index contributed by atoms with van der Waals surface area (Å²) in [6, 6.07) is 0. The summed E-state index contributed by atoms with van der Waals surface area (Å²) < 4.78 is 22.1. The van der Waals surface area contributed by atoms with Gasteiger partial charge < -0.3 is 10.6 Å². The molecule has 0 bridgehead atoms. The van der Waals surface area contributed by atoms with Gasteiger partial charge in [0.05, 0.1) is 5.75 Å². The summed E-state index contributed by atoms with van der Waals surface area (Å²) in [6.07, 6.45) is 3.47. The Hall–Kier alpha value is -0.780. The standard InChI is InChI=1S/C12H27N3O2S/c1-5-11(6-2)10-15-12(13-7-3)14-8-9-18(4,16)17/h11H,5-10H2,1-4H3,(H2,13,14,15). The molecule has 108 valence electrons. The normalized spacial score (nSPS) is 12.8. The molecule has 2 N–H and O–H groups in total. The van der Waals surface area contributed by atoms with E-state index in [-0.39, 0.29) is 5.75 Å². The van der Waals surface area contributed by atoms with Crippen molar-refractivity contribution in [3.63, 3.8) is 0 Å². The van der Waals surface area contributed by atoms with Crippen LogP contribution in [-0.2, 0) is 9.84 Å². The predicted octanol–water partition coefficient (Wildman–Crippen LogP) is 1.02. The maximum atomic E-state index is 11.0. The average Bonchev–Trinajstić information content (AvgIpc) is 2.28. The minimum absolute atomic E-state index is 0.127. The highest BCUT2D eigenvalue weighted by Gasteiger charge is 2.05. The predicted molar refractivity (Wildman–Crippen MR) is 77.8 cm³/mol. The molecule has 0 aromatic heterocycles. The number of hydrogen-bond acceptors (Lipinski definition) is 3. The molecule has 0 aliphatic rings. The van der Waals surface area contributed by atoms with Crippen LogP contribution in [0.4, 0.5) is 0 Å². The van der Waals surface area contributed by atoms with E-state index in [9.17, 15) is 8.42 Å². The summed E-state index contributed by atoms with van der Waals surface area (Å²) in [4.78, 5) is 4.47. The van der Waals surface area contributed by atoms with E-state index >= 15 is 0 Å². The summed E-state index contributed by atoms with van der Waals surface area (Å²) >= 11 is 0. The first-order chi connectivity index (χ1) is 8.42. The monoisotopic (exact) mass is 277 g/mol. The van der Waals surface area contributed by atoms with Crippen LogP contribution in [0.1, 0.15) is 33.6 Å². The Labute approximate surface area is 111 Å². The zero-order chi connectivity index (χ0) is 14.0. The highest BCUT2D eigenvalue weighted by molar-refractivity contribution is 7.90. The first-order valence-corrected chi connectivity index (χ1v) is 8.68. The van der Waals surface area contributed by atoms with Gasteiger partial charge in [0.1, 0.15) is 9.84 Å². The zero-order valence-corrected chi connectivity index (χ0v) is 12.8. The molecule has 0 atom stereocenters. The zero-order valence-electron chi connectivity index (χ0n) is 12.0. The third kappa shape index (κ3) is 9.27. The first kappa shape index (κ1) is 17.2. The summed E-state index contributed by atoms with van der Waals surface area (Å²) in [5.74, 6) is 1.42. The van der Waals surface area contributed by atoms with E-state index in [1.807, 2.05) is 6.92 Å². The minimum Gasteiger partial charge on any atom is -0.357 e. The molecule has 0 aromatic rings. The minimum atomic E-state index is -2.92. The van der Waals surface area contributed by atoms with Crippen molar-refractivity contribution in [2.75, 3.05) is 31.6 Å². The van der Waals surface area contributed by atoms with Crippen molar-refractivity contribution in [1.82, 2.24) is 10.6 Å². The van der Waals surface area contributed by atoms with Crippen LogP contribution in [0.25, 0.3) is 0 Å². The van der Waals surface area contributed by atoms with Crippen molar-refractivity contribution in [1.29, 1.82) is 0 Å². The summed E-state index contributed by atoms with van der Waals surface area (Å²) in [6.45, 7) is 8.26. The third-order valence-electron chi connectivity index (χ3n) is 2.77. The van der Waals surface area contributed by atoms with Gasteiger partial charge in [-0.05, 0) is 12.8 Å². The van der Waals surface area contributed by atoms with Crippen LogP contribution in [0, 0.1) is 5.92 Å². The number of aliphatic imine (C=N–C) groups is 1. The molecule has 0 spiro atoms. The molecule has 0 aromatic carbocycles. The van der Waals surface area contributed by atoms with Crippen LogP contribution in [0.15, 0.2) is 4.99 Å². The smallest absolute Gasteiger partial charge is 0.191 e. The van der Waals surface area contributed by atoms with Gasteiger partial charge in [0, 0.05) is 25.9 Å². The summed E-state index contributed by atoms with van der Waals surface area (Å²) in [5.41, 5.74) is 0. The van der Waals surface area contributed by atoms with Crippen molar-refractivity contribution in [2.24, 2.45) is 10.9 Å². The van der Waals surface area contributed by atoms with Crippen molar-refractivity contribution in [3.05, 3.63) is 0 Å². The molecular weight excluding hydrogens is 250 g/mol. The Morgan fingerprint density at radius 2 is 1.78 bits per heavy atom. The van der Waals surface area contributed by atoms with Crippen LogP contribution in [0.3, 0.4) is 0 Å². The van der Waals surface area contributed by atoms with Crippen LogP contribution in [0.2, 0.25) is 0 Å². The van der Waals surface area contributed by atoms with E-state index in [1.165, 1.54) is 6.26 Å². The molecule has 0 saturated carbocycles. The van der Waals surface area contributed by atoms with Gasteiger partial charge in [-0.25, -0.2) is 8.42 Å². The maximum Gasteiger partial charge on any atom is 0.191 e. The van der Waals surface area contributed by atoms with Gasteiger partial charge in [-0.3, -0.25) is 4.99 Å². The first-order valence-electron chi connectivity index (χ1n) is 6.62. The van der Waals surface area contributed by atoms with E-state index in [2.05, 4.69) is 29.5 Å². The number of rotatable bonds is 8. The SMILES string of the molecule is CCNC(=NCC(CC)CC)NCCS(C)(=O)=O. The van der Waals surface area contributed by atoms with Crippen molar-refractivity contribution >= 4 is 15.8 Å². The molecule has 0 saturated heterocycles. The van der Waals surface area contributed by atoms with Crippen LogP contribution in [0.5, 0.6) is 0 Å². The average molecular weight is 277 g/mol. The van der Waals surface area contributed by atoms with E-state index in [0.29, 0.717) is 18.4 Å². The summed E-state index contributed by atoms with van der Waals surface area (Å²) in [5, 5.41) is 6.16. The lowest BCUT2D eigenvalue weighted by molar-refractivity contribution is 0.504. The van der Waals surface area contributed by atoms with Gasteiger partial charge in [0.15, 0.2) is 5.96 Å². The molecule has 6 heteroatoms. The fraction of sp³-hybridized carbons (Fsp3) is 0.917. The Bertz CT molecular complexity index is 335. The van der Waals surface area contributed by atoms with E-state index < -0.39 is 9.84 Å². The molecule has 0 aliphatic heterocycles. The second-order valence-electron chi connectivity index (χ2n) is 4.46. The second kappa shape index (κ2) is 9.19. The molecule has 0 aliphatic carbocycles. The number of nitrogens with one attached hydrogen (secondary N) is 2. The molecule has 0 amide bonds. The highest BCUT2D eigenvalue weighted by atomic mass is 32.2. The van der Waals surface area contributed by atoms with E-state index in [0.717, 1.165) is 25.9 Å². The lowest BCUT2D eigenvalue weighted by Crippen LogP contribution is -2.39. The molecule has 0 unspecified atom stereocenters. The van der Waals surface area contributed by atoms with Gasteiger partial charge in [-0.2, -0.15) is 0 Å².